The first-order chi connectivity index (χ1) is 17.8. The van der Waals surface area contributed by atoms with Crippen LogP contribution in [0.3, 0.4) is 0 Å². The number of carbonyl (C=O) groups excluding carboxylic acids is 2. The van der Waals surface area contributed by atoms with E-state index in [4.69, 9.17) is 4.74 Å². The lowest BCUT2D eigenvalue weighted by Crippen LogP contribution is -2.48. The molecule has 0 saturated heterocycles. The summed E-state index contributed by atoms with van der Waals surface area (Å²) in [5.41, 5.74) is 2.99. The molecule has 0 radical (unpaired) electrons. The first kappa shape index (κ1) is 26.8. The monoisotopic (exact) mass is 552 g/mol. The van der Waals surface area contributed by atoms with Gasteiger partial charge in [-0.2, -0.15) is 0 Å². The number of hydrogen-bond acceptors (Lipinski definition) is 8. The van der Waals surface area contributed by atoms with E-state index in [1.54, 1.807) is 43.9 Å². The molecule has 10 heteroatoms. The fourth-order valence-corrected chi connectivity index (χ4v) is 6.87. The van der Waals surface area contributed by atoms with Gasteiger partial charge < -0.3 is 10.1 Å². The molecular weight excluding hydrogens is 525 g/mol. The molecule has 4 rings (SSSR count). The van der Waals surface area contributed by atoms with Gasteiger partial charge in [-0.25, -0.2) is 4.79 Å². The van der Waals surface area contributed by atoms with Gasteiger partial charge in [0.05, 0.1) is 4.75 Å². The zero-order chi connectivity index (χ0) is 26.3. The summed E-state index contributed by atoms with van der Waals surface area (Å²) in [6, 6.07) is 23.6. The van der Waals surface area contributed by atoms with Crippen molar-refractivity contribution in [3.8, 4) is 0 Å². The van der Waals surface area contributed by atoms with Gasteiger partial charge in [0.1, 0.15) is 17.2 Å². The van der Waals surface area contributed by atoms with Gasteiger partial charge in [-0.15, -0.1) is 33.3 Å². The lowest BCUT2D eigenvalue weighted by atomic mass is 9.89. The molecule has 192 valence electrons. The number of thioether (sulfide) groups is 1. The molecule has 1 atom stereocenters. The molecule has 37 heavy (non-hydrogen) atoms. The molecule has 2 N–H and O–H groups in total. The molecule has 0 aliphatic rings. The third-order valence-electron chi connectivity index (χ3n) is 5.29. The molecule has 0 aliphatic heterocycles. The Bertz CT molecular complexity index is 1240. The van der Waals surface area contributed by atoms with Gasteiger partial charge in [0, 0.05) is 10.6 Å². The van der Waals surface area contributed by atoms with Gasteiger partial charge in [0.2, 0.25) is 11.0 Å². The summed E-state index contributed by atoms with van der Waals surface area (Å²) >= 11 is 4.45. The molecule has 0 bridgehead atoms. The quantitative estimate of drug-likeness (QED) is 0.258. The number of amides is 2. The number of nitrogens with one attached hydrogen (secondary N) is 2. The summed E-state index contributed by atoms with van der Waals surface area (Å²) in [5, 5.41) is 15.6. The third-order valence-corrected chi connectivity index (χ3v) is 8.64. The van der Waals surface area contributed by atoms with Crippen LogP contribution in [0.1, 0.15) is 36.8 Å². The van der Waals surface area contributed by atoms with Gasteiger partial charge in [-0.05, 0) is 43.3 Å². The van der Waals surface area contributed by atoms with Crippen LogP contribution in [-0.2, 0) is 14.3 Å². The summed E-state index contributed by atoms with van der Waals surface area (Å²) < 4.78 is 4.86. The average Bonchev–Trinajstić information content (AvgIpc) is 3.59. The smallest absolute Gasteiger partial charge is 0.408 e. The molecule has 2 heterocycles. The van der Waals surface area contributed by atoms with Gasteiger partial charge >= 0.3 is 6.09 Å². The van der Waals surface area contributed by atoms with E-state index in [0.717, 1.165) is 16.0 Å². The zero-order valence-corrected chi connectivity index (χ0v) is 23.2. The zero-order valence-electron chi connectivity index (χ0n) is 20.7. The first-order valence-corrected chi connectivity index (χ1v) is 14.4. The highest BCUT2D eigenvalue weighted by molar-refractivity contribution is 8.00. The van der Waals surface area contributed by atoms with E-state index in [1.807, 2.05) is 42.5 Å². The topological polar surface area (TPSA) is 93.2 Å². The van der Waals surface area contributed by atoms with Gasteiger partial charge in [0.25, 0.3) is 0 Å². The summed E-state index contributed by atoms with van der Waals surface area (Å²) in [4.78, 5) is 27.2. The second-order valence-electron chi connectivity index (χ2n) is 9.13. The lowest BCUT2D eigenvalue weighted by Gasteiger charge is -2.35. The third kappa shape index (κ3) is 6.76. The summed E-state index contributed by atoms with van der Waals surface area (Å²) in [5.74, 6) is -0.123. The Balaban J connectivity index is 1.71. The molecular formula is C27H28N4O3S3. The van der Waals surface area contributed by atoms with Crippen molar-refractivity contribution in [2.24, 2.45) is 0 Å². The van der Waals surface area contributed by atoms with E-state index < -0.39 is 28.4 Å². The maximum atomic E-state index is 13.3. The predicted octanol–water partition coefficient (Wildman–Crippen LogP) is 6.16. The Kier molecular flexibility index (Phi) is 8.63. The van der Waals surface area contributed by atoms with Crippen LogP contribution in [-0.4, -0.2) is 39.6 Å². The molecule has 0 aliphatic carbocycles. The van der Waals surface area contributed by atoms with Gasteiger partial charge in [-0.3, -0.25) is 10.1 Å². The fourth-order valence-electron chi connectivity index (χ4n) is 3.77. The van der Waals surface area contributed by atoms with Crippen molar-refractivity contribution >= 4 is 51.6 Å². The number of rotatable bonds is 9. The highest BCUT2D eigenvalue weighted by atomic mass is 32.2. The second-order valence-corrected chi connectivity index (χ2v) is 12.1. The van der Waals surface area contributed by atoms with Gasteiger partial charge in [-0.1, -0.05) is 78.1 Å². The highest BCUT2D eigenvalue weighted by Gasteiger charge is 2.39. The van der Waals surface area contributed by atoms with E-state index in [0.29, 0.717) is 5.13 Å². The van der Waals surface area contributed by atoms with Crippen LogP contribution >= 0.6 is 34.4 Å². The Hall–Kier alpha value is -3.21. The van der Waals surface area contributed by atoms with Crippen molar-refractivity contribution < 1.29 is 14.3 Å². The van der Waals surface area contributed by atoms with Crippen molar-refractivity contribution in [2.75, 3.05) is 11.1 Å². The molecule has 7 nitrogen and oxygen atoms in total. The first-order valence-electron chi connectivity index (χ1n) is 11.6. The van der Waals surface area contributed by atoms with Crippen molar-refractivity contribution in [3.63, 3.8) is 0 Å². The van der Waals surface area contributed by atoms with Crippen LogP contribution in [0, 0.1) is 0 Å². The Morgan fingerprint density at radius 3 is 2.11 bits per heavy atom. The molecule has 4 aromatic rings. The maximum Gasteiger partial charge on any atom is 0.408 e. The number of carbonyl (C=O) groups is 2. The van der Waals surface area contributed by atoms with Crippen LogP contribution in [0.4, 0.5) is 9.93 Å². The number of ether oxygens (including phenoxy) is 1. The number of thiophene rings is 1. The van der Waals surface area contributed by atoms with Crippen molar-refractivity contribution in [1.29, 1.82) is 0 Å². The van der Waals surface area contributed by atoms with E-state index >= 15 is 0 Å². The minimum atomic E-state index is -0.893. The summed E-state index contributed by atoms with van der Waals surface area (Å²) in [6.07, 6.45) is -0.661. The largest absolute Gasteiger partial charge is 0.444 e. The summed E-state index contributed by atoms with van der Waals surface area (Å²) in [7, 11) is 0. The SMILES string of the molecule is CC(C)(C)OC(=O)N[C@H](CSC(c1ccccc1)(c1ccccc1)c1cccs1)C(=O)Nc1nncs1. The van der Waals surface area contributed by atoms with Crippen LogP contribution < -0.4 is 10.6 Å². The molecule has 2 amide bonds. The molecule has 2 aromatic heterocycles. The van der Waals surface area contributed by atoms with Crippen molar-refractivity contribution in [3.05, 3.63) is 99.7 Å². The van der Waals surface area contributed by atoms with E-state index in [2.05, 4.69) is 56.5 Å². The highest BCUT2D eigenvalue weighted by Crippen LogP contribution is 2.50. The van der Waals surface area contributed by atoms with E-state index in [-0.39, 0.29) is 5.75 Å². The number of benzene rings is 2. The number of hydrogen-bond donors (Lipinski definition) is 2. The molecule has 2 aromatic carbocycles. The number of aromatic nitrogens is 2. The molecule has 0 unspecified atom stereocenters. The standard InChI is InChI=1S/C27H28N4O3S3/c1-26(2,3)34-25(33)29-21(23(32)30-24-31-28-18-36-24)17-37-27(22-15-10-16-35-22,19-11-6-4-7-12-19)20-13-8-5-9-14-20/h4-16,18,21H,17H2,1-3H3,(H,29,33)(H,30,31,32)/t21-/m1/s1. The Labute approximate surface area is 228 Å². The van der Waals surface area contributed by atoms with E-state index in [1.165, 1.54) is 16.8 Å². The number of nitrogens with zero attached hydrogens (tertiary/aromatic N) is 2. The Morgan fingerprint density at radius 2 is 1.59 bits per heavy atom. The number of anilines is 1. The Morgan fingerprint density at radius 1 is 0.946 bits per heavy atom. The van der Waals surface area contributed by atoms with Crippen molar-refractivity contribution in [1.82, 2.24) is 15.5 Å². The lowest BCUT2D eigenvalue weighted by molar-refractivity contribution is -0.117. The summed E-state index contributed by atoms with van der Waals surface area (Å²) in [6.45, 7) is 5.35. The van der Waals surface area contributed by atoms with Crippen LogP contribution in [0.2, 0.25) is 0 Å². The average molecular weight is 553 g/mol. The molecule has 0 spiro atoms. The molecule has 0 fully saturated rings. The number of alkyl carbamates (subject to hydrolysis) is 1. The normalized spacial score (nSPS) is 12.5. The van der Waals surface area contributed by atoms with Crippen LogP contribution in [0.5, 0.6) is 0 Å². The second kappa shape index (κ2) is 11.9. The van der Waals surface area contributed by atoms with Crippen LogP contribution in [0.15, 0.2) is 83.7 Å². The minimum Gasteiger partial charge on any atom is -0.444 e. The fraction of sp³-hybridized carbons (Fsp3) is 0.259. The predicted molar refractivity (Wildman–Crippen MR) is 151 cm³/mol. The maximum absolute atomic E-state index is 13.3. The minimum absolute atomic E-state index is 0.269. The van der Waals surface area contributed by atoms with E-state index in [9.17, 15) is 9.59 Å². The van der Waals surface area contributed by atoms with Crippen molar-refractivity contribution in [2.45, 2.75) is 37.2 Å². The molecule has 0 saturated carbocycles. The van der Waals surface area contributed by atoms with Crippen LogP contribution in [0.25, 0.3) is 0 Å². The van der Waals surface area contributed by atoms with Gasteiger partial charge in [0.15, 0.2) is 0 Å².